The van der Waals surface area contributed by atoms with Gasteiger partial charge >= 0.3 is 5.69 Å². The Labute approximate surface area is 122 Å². The first-order valence-electron chi connectivity index (χ1n) is 7.17. The molecule has 1 aromatic heterocycles. The van der Waals surface area contributed by atoms with Crippen LogP contribution < -0.4 is 11.0 Å². The maximum Gasteiger partial charge on any atom is 0.346 e. The van der Waals surface area contributed by atoms with Crippen LogP contribution in [0.3, 0.4) is 0 Å². The van der Waals surface area contributed by atoms with Gasteiger partial charge in [-0.2, -0.15) is 0 Å². The van der Waals surface area contributed by atoms with Crippen molar-refractivity contribution in [3.05, 3.63) is 40.8 Å². The minimum Gasteiger partial charge on any atom is -0.354 e. The molecular formula is C15H18N4O2. The van der Waals surface area contributed by atoms with Crippen molar-refractivity contribution < 1.29 is 4.79 Å². The van der Waals surface area contributed by atoms with E-state index in [0.717, 1.165) is 18.4 Å². The van der Waals surface area contributed by atoms with E-state index in [1.165, 1.54) is 9.25 Å². The Hall–Kier alpha value is -2.37. The first-order valence-corrected chi connectivity index (χ1v) is 7.17. The van der Waals surface area contributed by atoms with Crippen molar-refractivity contribution in [2.75, 3.05) is 6.54 Å². The van der Waals surface area contributed by atoms with Gasteiger partial charge in [-0.3, -0.25) is 9.36 Å². The summed E-state index contributed by atoms with van der Waals surface area (Å²) >= 11 is 0. The van der Waals surface area contributed by atoms with E-state index in [2.05, 4.69) is 10.4 Å². The lowest BCUT2D eigenvalue weighted by atomic mass is 10.1. The van der Waals surface area contributed by atoms with Gasteiger partial charge in [0.25, 0.3) is 0 Å². The van der Waals surface area contributed by atoms with Crippen LogP contribution >= 0.6 is 0 Å². The van der Waals surface area contributed by atoms with E-state index < -0.39 is 6.04 Å². The predicted molar refractivity (Wildman–Crippen MR) is 78.8 cm³/mol. The number of benzene rings is 1. The summed E-state index contributed by atoms with van der Waals surface area (Å²) in [4.78, 5) is 24.5. The van der Waals surface area contributed by atoms with Crippen molar-refractivity contribution in [2.45, 2.75) is 25.3 Å². The molecule has 1 aromatic carbocycles. The summed E-state index contributed by atoms with van der Waals surface area (Å²) in [7, 11) is 1.68. The zero-order valence-electron chi connectivity index (χ0n) is 12.0. The molecule has 2 aromatic rings. The third kappa shape index (κ3) is 2.49. The van der Waals surface area contributed by atoms with E-state index in [4.69, 9.17) is 0 Å². The Morgan fingerprint density at radius 2 is 1.95 bits per heavy atom. The smallest absolute Gasteiger partial charge is 0.346 e. The summed E-state index contributed by atoms with van der Waals surface area (Å²) < 4.78 is 2.82. The lowest BCUT2D eigenvalue weighted by Crippen LogP contribution is -2.36. The topological polar surface area (TPSA) is 68.9 Å². The van der Waals surface area contributed by atoms with Gasteiger partial charge in [-0.15, -0.1) is 5.10 Å². The molecule has 6 nitrogen and oxygen atoms in total. The SMILES string of the molecule is Cn1c(-c2ccccc2)nn(C2CCCCNC2=O)c1=O. The van der Waals surface area contributed by atoms with Crippen molar-refractivity contribution >= 4 is 5.91 Å². The molecule has 1 amide bonds. The van der Waals surface area contributed by atoms with Crippen LogP contribution in [0.4, 0.5) is 0 Å². The number of amides is 1. The average Bonchev–Trinajstić information content (AvgIpc) is 2.67. The number of nitrogens with zero attached hydrogens (tertiary/aromatic N) is 3. The Morgan fingerprint density at radius 1 is 1.19 bits per heavy atom. The molecule has 1 N–H and O–H groups in total. The Morgan fingerprint density at radius 3 is 2.71 bits per heavy atom. The lowest BCUT2D eigenvalue weighted by molar-refractivity contribution is -0.124. The normalized spacial score (nSPS) is 19.1. The molecule has 6 heteroatoms. The molecule has 0 aliphatic carbocycles. The predicted octanol–water partition coefficient (Wildman–Crippen LogP) is 1.09. The van der Waals surface area contributed by atoms with Crippen molar-refractivity contribution in [3.63, 3.8) is 0 Å². The molecule has 2 heterocycles. The first kappa shape index (κ1) is 13.6. The van der Waals surface area contributed by atoms with Crippen LogP contribution in [0.25, 0.3) is 11.4 Å². The molecule has 1 aliphatic heterocycles. The van der Waals surface area contributed by atoms with Gasteiger partial charge in [0.1, 0.15) is 6.04 Å². The minimum atomic E-state index is -0.510. The van der Waals surface area contributed by atoms with Crippen LogP contribution in [0.1, 0.15) is 25.3 Å². The quantitative estimate of drug-likeness (QED) is 0.898. The third-order valence-electron chi connectivity index (χ3n) is 3.84. The second-order valence-corrected chi connectivity index (χ2v) is 5.28. The highest BCUT2D eigenvalue weighted by Gasteiger charge is 2.27. The highest BCUT2D eigenvalue weighted by molar-refractivity contribution is 5.80. The van der Waals surface area contributed by atoms with E-state index in [9.17, 15) is 9.59 Å². The highest BCUT2D eigenvalue weighted by atomic mass is 16.2. The summed E-state index contributed by atoms with van der Waals surface area (Å²) in [5, 5.41) is 7.24. The van der Waals surface area contributed by atoms with Gasteiger partial charge in [0.15, 0.2) is 5.82 Å². The van der Waals surface area contributed by atoms with Gasteiger partial charge in [-0.25, -0.2) is 9.48 Å². The molecule has 21 heavy (non-hydrogen) atoms. The maximum atomic E-state index is 12.4. The number of carbonyl (C=O) groups excluding carboxylic acids is 1. The first-order chi connectivity index (χ1) is 10.2. The molecule has 0 bridgehead atoms. The van der Waals surface area contributed by atoms with Crippen molar-refractivity contribution in [2.24, 2.45) is 7.05 Å². The summed E-state index contributed by atoms with van der Waals surface area (Å²) in [6.45, 7) is 0.669. The lowest BCUT2D eigenvalue weighted by Gasteiger charge is -2.11. The molecule has 110 valence electrons. The van der Waals surface area contributed by atoms with Crippen LogP contribution in [0.15, 0.2) is 35.1 Å². The molecule has 0 radical (unpaired) electrons. The molecule has 1 aliphatic rings. The third-order valence-corrected chi connectivity index (χ3v) is 3.84. The maximum absolute atomic E-state index is 12.4. The van der Waals surface area contributed by atoms with Gasteiger partial charge in [0.05, 0.1) is 0 Å². The van der Waals surface area contributed by atoms with E-state index in [1.54, 1.807) is 7.05 Å². The minimum absolute atomic E-state index is 0.118. The Bertz CT molecular complexity index is 702. The summed E-state index contributed by atoms with van der Waals surface area (Å²) in [6, 6.07) is 9.01. The van der Waals surface area contributed by atoms with Gasteiger partial charge in [0.2, 0.25) is 5.91 Å². The largest absolute Gasteiger partial charge is 0.354 e. The van der Waals surface area contributed by atoms with Crippen LogP contribution in [-0.4, -0.2) is 26.8 Å². The van der Waals surface area contributed by atoms with Crippen LogP contribution in [0, 0.1) is 0 Å². The molecule has 0 spiro atoms. The molecule has 1 unspecified atom stereocenters. The second-order valence-electron chi connectivity index (χ2n) is 5.28. The number of aromatic nitrogens is 3. The molecule has 1 fully saturated rings. The van der Waals surface area contributed by atoms with Crippen LogP contribution in [-0.2, 0) is 11.8 Å². The number of hydrogen-bond donors (Lipinski definition) is 1. The van der Waals surface area contributed by atoms with Gasteiger partial charge in [-0.05, 0) is 19.3 Å². The van der Waals surface area contributed by atoms with E-state index in [-0.39, 0.29) is 11.6 Å². The zero-order chi connectivity index (χ0) is 14.8. The van der Waals surface area contributed by atoms with Crippen LogP contribution in [0.2, 0.25) is 0 Å². The van der Waals surface area contributed by atoms with Crippen molar-refractivity contribution in [1.82, 2.24) is 19.7 Å². The molecule has 3 rings (SSSR count). The Kier molecular flexibility index (Phi) is 3.60. The van der Waals surface area contributed by atoms with Crippen molar-refractivity contribution in [1.29, 1.82) is 0 Å². The van der Waals surface area contributed by atoms with Crippen molar-refractivity contribution in [3.8, 4) is 11.4 Å². The number of carbonyl (C=O) groups is 1. The molecular weight excluding hydrogens is 268 g/mol. The standard InChI is InChI=1S/C15H18N4O2/c1-18-13(11-7-3-2-4-8-11)17-19(15(18)21)12-9-5-6-10-16-14(12)20/h2-4,7-8,12H,5-6,9-10H2,1H3,(H,16,20). The fourth-order valence-corrected chi connectivity index (χ4v) is 2.65. The van der Waals surface area contributed by atoms with Gasteiger partial charge in [-0.1, -0.05) is 30.3 Å². The highest BCUT2D eigenvalue weighted by Crippen LogP contribution is 2.19. The van der Waals surface area contributed by atoms with Gasteiger partial charge < -0.3 is 5.32 Å². The van der Waals surface area contributed by atoms with E-state index in [0.29, 0.717) is 18.8 Å². The number of nitrogens with one attached hydrogen (secondary N) is 1. The second kappa shape index (κ2) is 5.55. The number of hydrogen-bond acceptors (Lipinski definition) is 3. The molecule has 1 atom stereocenters. The molecule has 1 saturated heterocycles. The average molecular weight is 286 g/mol. The monoisotopic (exact) mass is 286 g/mol. The fraction of sp³-hybridized carbons (Fsp3) is 0.400. The van der Waals surface area contributed by atoms with Crippen LogP contribution in [0.5, 0.6) is 0 Å². The molecule has 0 saturated carbocycles. The van der Waals surface area contributed by atoms with E-state index in [1.807, 2.05) is 30.3 Å². The van der Waals surface area contributed by atoms with Gasteiger partial charge in [0, 0.05) is 19.2 Å². The van der Waals surface area contributed by atoms with E-state index >= 15 is 0 Å². The number of rotatable bonds is 2. The summed E-state index contributed by atoms with van der Waals surface area (Å²) in [5.41, 5.74) is 0.612. The Balaban J connectivity index is 2.04. The summed E-state index contributed by atoms with van der Waals surface area (Å²) in [6.07, 6.45) is 2.50. The zero-order valence-corrected chi connectivity index (χ0v) is 12.0. The fourth-order valence-electron chi connectivity index (χ4n) is 2.65. The summed E-state index contributed by atoms with van der Waals surface area (Å²) in [5.74, 6) is 0.463.